The lowest BCUT2D eigenvalue weighted by molar-refractivity contribution is 0.0712. The Hall–Kier alpha value is -1.85. The predicted molar refractivity (Wildman–Crippen MR) is 93.8 cm³/mol. The van der Waals surface area contributed by atoms with E-state index in [0.717, 1.165) is 17.3 Å². The first kappa shape index (κ1) is 16.0. The molecule has 0 saturated carbocycles. The minimum atomic E-state index is 0.00231. The third kappa shape index (κ3) is 3.92. The van der Waals surface area contributed by atoms with Crippen molar-refractivity contribution in [3.05, 3.63) is 58.6 Å². The van der Waals surface area contributed by atoms with Gasteiger partial charge in [-0.3, -0.25) is 4.79 Å². The van der Waals surface area contributed by atoms with Crippen molar-refractivity contribution in [1.82, 2.24) is 4.90 Å². The van der Waals surface area contributed by atoms with E-state index < -0.39 is 0 Å². The summed E-state index contributed by atoms with van der Waals surface area (Å²) in [6.45, 7) is 1.40. The molecule has 1 aliphatic rings. The van der Waals surface area contributed by atoms with Crippen molar-refractivity contribution >= 4 is 21.8 Å². The quantitative estimate of drug-likeness (QED) is 0.888. The number of rotatable bonds is 3. The number of amides is 1. The average Bonchev–Trinajstić information content (AvgIpc) is 2.55. The van der Waals surface area contributed by atoms with Gasteiger partial charge < -0.3 is 15.4 Å². The van der Waals surface area contributed by atoms with Crippen LogP contribution in [-0.4, -0.2) is 29.9 Å². The van der Waals surface area contributed by atoms with E-state index in [0.29, 0.717) is 30.2 Å². The zero-order valence-electron chi connectivity index (χ0n) is 12.7. The summed E-state index contributed by atoms with van der Waals surface area (Å²) in [5.74, 6) is 1.27. The van der Waals surface area contributed by atoms with Gasteiger partial charge in [-0.2, -0.15) is 0 Å². The van der Waals surface area contributed by atoms with E-state index in [1.54, 1.807) is 0 Å². The molecular weight excluding hydrogens is 356 g/mol. The van der Waals surface area contributed by atoms with Crippen molar-refractivity contribution in [1.29, 1.82) is 0 Å². The predicted octanol–water partition coefficient (Wildman–Crippen LogP) is 3.80. The van der Waals surface area contributed by atoms with Crippen molar-refractivity contribution in [3.8, 4) is 11.5 Å². The molecule has 0 atom stereocenters. The smallest absolute Gasteiger partial charge is 0.257 e. The number of nitrogens with two attached hydrogens (primary N) is 1. The minimum absolute atomic E-state index is 0.00231. The molecule has 1 aliphatic heterocycles. The Balaban J connectivity index is 1.81. The van der Waals surface area contributed by atoms with Crippen molar-refractivity contribution in [2.45, 2.75) is 18.9 Å². The molecule has 3 rings (SSSR count). The molecule has 2 N–H and O–H groups in total. The molecular formula is C18H19BrN2O2. The second-order valence-electron chi connectivity index (χ2n) is 5.69. The van der Waals surface area contributed by atoms with Crippen molar-refractivity contribution in [2.24, 2.45) is 5.73 Å². The SMILES string of the molecule is NC1CCN(C(=O)c2ccccc2Oc2cccc(Br)c2)CC1. The largest absolute Gasteiger partial charge is 0.456 e. The standard InChI is InChI=1S/C18H19BrN2O2/c19-13-4-3-5-15(12-13)23-17-7-2-1-6-16(17)18(22)21-10-8-14(20)9-11-21/h1-7,12,14H,8-11,20H2. The maximum Gasteiger partial charge on any atom is 0.257 e. The molecule has 0 unspecified atom stereocenters. The first-order chi connectivity index (χ1) is 11.1. The molecule has 1 fully saturated rings. The van der Waals surface area contributed by atoms with Gasteiger partial charge in [-0.05, 0) is 43.2 Å². The Labute approximate surface area is 144 Å². The monoisotopic (exact) mass is 374 g/mol. The molecule has 1 amide bonds. The van der Waals surface area contributed by atoms with Gasteiger partial charge in [0.05, 0.1) is 5.56 Å². The second kappa shape index (κ2) is 7.15. The van der Waals surface area contributed by atoms with Gasteiger partial charge >= 0.3 is 0 Å². The molecule has 4 nitrogen and oxygen atoms in total. The van der Waals surface area contributed by atoms with Crippen molar-refractivity contribution < 1.29 is 9.53 Å². The molecule has 0 radical (unpaired) electrons. The molecule has 0 aliphatic carbocycles. The highest BCUT2D eigenvalue weighted by atomic mass is 79.9. The fraction of sp³-hybridized carbons (Fsp3) is 0.278. The van der Waals surface area contributed by atoms with Crippen LogP contribution in [0.3, 0.4) is 0 Å². The summed E-state index contributed by atoms with van der Waals surface area (Å²) in [6.07, 6.45) is 1.70. The molecule has 0 aromatic heterocycles. The Kier molecular flexibility index (Phi) is 4.98. The topological polar surface area (TPSA) is 55.6 Å². The summed E-state index contributed by atoms with van der Waals surface area (Å²) >= 11 is 3.42. The van der Waals surface area contributed by atoms with Crippen LogP contribution in [0.1, 0.15) is 23.2 Å². The Morgan fingerprint density at radius 1 is 1.13 bits per heavy atom. The van der Waals surface area contributed by atoms with Gasteiger partial charge in [0.15, 0.2) is 0 Å². The van der Waals surface area contributed by atoms with Crippen LogP contribution in [0.5, 0.6) is 11.5 Å². The number of benzene rings is 2. The Bertz CT molecular complexity index is 697. The number of carbonyl (C=O) groups excluding carboxylic acids is 1. The number of para-hydroxylation sites is 1. The summed E-state index contributed by atoms with van der Waals surface area (Å²) in [5, 5.41) is 0. The summed E-state index contributed by atoms with van der Waals surface area (Å²) in [7, 11) is 0. The molecule has 23 heavy (non-hydrogen) atoms. The lowest BCUT2D eigenvalue weighted by Gasteiger charge is -2.30. The normalized spacial score (nSPS) is 15.5. The summed E-state index contributed by atoms with van der Waals surface area (Å²) in [5.41, 5.74) is 6.50. The zero-order chi connectivity index (χ0) is 16.2. The number of piperidine rings is 1. The zero-order valence-corrected chi connectivity index (χ0v) is 14.3. The van der Waals surface area contributed by atoms with Gasteiger partial charge in [0.25, 0.3) is 5.91 Å². The molecule has 0 spiro atoms. The number of hydrogen-bond acceptors (Lipinski definition) is 3. The van der Waals surface area contributed by atoms with Crippen LogP contribution in [0.25, 0.3) is 0 Å². The third-order valence-electron chi connectivity index (χ3n) is 3.97. The Morgan fingerprint density at radius 2 is 1.87 bits per heavy atom. The van der Waals surface area contributed by atoms with Gasteiger partial charge in [-0.25, -0.2) is 0 Å². The fourth-order valence-electron chi connectivity index (χ4n) is 2.66. The number of nitrogens with zero attached hydrogens (tertiary/aromatic N) is 1. The highest BCUT2D eigenvalue weighted by Gasteiger charge is 2.24. The van der Waals surface area contributed by atoms with E-state index in [1.165, 1.54) is 0 Å². The van der Waals surface area contributed by atoms with Crippen LogP contribution in [0.15, 0.2) is 53.0 Å². The molecule has 5 heteroatoms. The fourth-order valence-corrected chi connectivity index (χ4v) is 3.04. The first-order valence-electron chi connectivity index (χ1n) is 7.71. The van der Waals surface area contributed by atoms with Gasteiger partial charge in [-0.15, -0.1) is 0 Å². The molecule has 0 bridgehead atoms. The molecule has 2 aromatic rings. The Morgan fingerprint density at radius 3 is 2.61 bits per heavy atom. The average molecular weight is 375 g/mol. The van der Waals surface area contributed by atoms with Crippen LogP contribution in [0.4, 0.5) is 0 Å². The molecule has 1 heterocycles. The van der Waals surface area contributed by atoms with Crippen molar-refractivity contribution in [3.63, 3.8) is 0 Å². The van der Waals surface area contributed by atoms with E-state index in [9.17, 15) is 4.79 Å². The number of hydrogen-bond donors (Lipinski definition) is 1. The minimum Gasteiger partial charge on any atom is -0.456 e. The van der Waals surface area contributed by atoms with Crippen LogP contribution < -0.4 is 10.5 Å². The van der Waals surface area contributed by atoms with Crippen molar-refractivity contribution in [2.75, 3.05) is 13.1 Å². The number of carbonyl (C=O) groups is 1. The lowest BCUT2D eigenvalue weighted by atomic mass is 10.0. The number of likely N-dealkylation sites (tertiary alicyclic amines) is 1. The van der Waals surface area contributed by atoms with Gasteiger partial charge in [0, 0.05) is 23.6 Å². The molecule has 2 aromatic carbocycles. The van der Waals surface area contributed by atoms with E-state index in [1.807, 2.05) is 53.4 Å². The van der Waals surface area contributed by atoms with Crippen LogP contribution in [0, 0.1) is 0 Å². The highest BCUT2D eigenvalue weighted by molar-refractivity contribution is 9.10. The maximum absolute atomic E-state index is 12.8. The highest BCUT2D eigenvalue weighted by Crippen LogP contribution is 2.28. The van der Waals surface area contributed by atoms with E-state index >= 15 is 0 Å². The van der Waals surface area contributed by atoms with E-state index in [-0.39, 0.29) is 11.9 Å². The number of ether oxygens (including phenoxy) is 1. The summed E-state index contributed by atoms with van der Waals surface area (Å²) in [6, 6.07) is 15.1. The van der Waals surface area contributed by atoms with Crippen LogP contribution >= 0.6 is 15.9 Å². The first-order valence-corrected chi connectivity index (χ1v) is 8.50. The molecule has 120 valence electrons. The van der Waals surface area contributed by atoms with Gasteiger partial charge in [0.2, 0.25) is 0 Å². The third-order valence-corrected chi connectivity index (χ3v) is 4.46. The van der Waals surface area contributed by atoms with E-state index in [2.05, 4.69) is 15.9 Å². The lowest BCUT2D eigenvalue weighted by Crippen LogP contribution is -2.42. The summed E-state index contributed by atoms with van der Waals surface area (Å²) < 4.78 is 6.86. The number of halogens is 1. The second-order valence-corrected chi connectivity index (χ2v) is 6.60. The summed E-state index contributed by atoms with van der Waals surface area (Å²) in [4.78, 5) is 14.6. The molecule has 1 saturated heterocycles. The maximum atomic E-state index is 12.8. The van der Waals surface area contributed by atoms with E-state index in [4.69, 9.17) is 10.5 Å². The van der Waals surface area contributed by atoms with Gasteiger partial charge in [-0.1, -0.05) is 34.1 Å². The van der Waals surface area contributed by atoms with Gasteiger partial charge in [0.1, 0.15) is 11.5 Å². The van der Waals surface area contributed by atoms with Crippen LogP contribution in [0.2, 0.25) is 0 Å². The van der Waals surface area contributed by atoms with Crippen LogP contribution in [-0.2, 0) is 0 Å².